The SMILES string of the molecule is CC(C)c1ccc(C(=O)OCC(=O)NCCSCc2ccccc2)cc1. The molecule has 2 rings (SSSR count). The van der Waals surface area contributed by atoms with E-state index < -0.39 is 5.97 Å². The molecule has 0 saturated heterocycles. The van der Waals surface area contributed by atoms with Gasteiger partial charge in [-0.25, -0.2) is 4.79 Å². The predicted octanol–water partition coefficient (Wildman–Crippen LogP) is 4.02. The maximum atomic E-state index is 12.0. The first-order valence-corrected chi connectivity index (χ1v) is 9.87. The lowest BCUT2D eigenvalue weighted by molar-refractivity contribution is -0.124. The summed E-state index contributed by atoms with van der Waals surface area (Å²) in [7, 11) is 0. The highest BCUT2D eigenvalue weighted by atomic mass is 32.2. The lowest BCUT2D eigenvalue weighted by Crippen LogP contribution is -2.30. The summed E-state index contributed by atoms with van der Waals surface area (Å²) in [5.74, 6) is 1.38. The zero-order chi connectivity index (χ0) is 18.8. The molecule has 0 aliphatic heterocycles. The van der Waals surface area contributed by atoms with Crippen molar-refractivity contribution in [3.8, 4) is 0 Å². The van der Waals surface area contributed by atoms with Gasteiger partial charge in [-0.05, 0) is 29.2 Å². The molecule has 0 aliphatic rings. The third-order valence-electron chi connectivity index (χ3n) is 3.83. The summed E-state index contributed by atoms with van der Waals surface area (Å²) in [5, 5.41) is 2.76. The van der Waals surface area contributed by atoms with Crippen molar-refractivity contribution in [2.45, 2.75) is 25.5 Å². The van der Waals surface area contributed by atoms with Crippen LogP contribution in [0.4, 0.5) is 0 Å². The molecular formula is C21H25NO3S. The van der Waals surface area contributed by atoms with Crippen LogP contribution < -0.4 is 5.32 Å². The Kier molecular flexibility index (Phi) is 8.22. The number of carbonyl (C=O) groups excluding carboxylic acids is 2. The highest BCUT2D eigenvalue weighted by molar-refractivity contribution is 7.98. The summed E-state index contributed by atoms with van der Waals surface area (Å²) >= 11 is 1.75. The monoisotopic (exact) mass is 371 g/mol. The van der Waals surface area contributed by atoms with Gasteiger partial charge in [-0.15, -0.1) is 0 Å². The number of rotatable bonds is 9. The van der Waals surface area contributed by atoms with Crippen LogP contribution in [0.2, 0.25) is 0 Å². The number of thioether (sulfide) groups is 1. The summed E-state index contributed by atoms with van der Waals surface area (Å²) in [6.07, 6.45) is 0. The molecule has 1 N–H and O–H groups in total. The van der Waals surface area contributed by atoms with Crippen molar-refractivity contribution in [2.24, 2.45) is 0 Å². The lowest BCUT2D eigenvalue weighted by atomic mass is 10.0. The van der Waals surface area contributed by atoms with Gasteiger partial charge in [0.25, 0.3) is 5.91 Å². The summed E-state index contributed by atoms with van der Waals surface area (Å²) in [5.41, 5.74) is 2.88. The lowest BCUT2D eigenvalue weighted by Gasteiger charge is -2.08. The normalized spacial score (nSPS) is 10.6. The van der Waals surface area contributed by atoms with Crippen molar-refractivity contribution in [1.82, 2.24) is 5.32 Å². The molecule has 1 amide bonds. The van der Waals surface area contributed by atoms with Crippen molar-refractivity contribution in [1.29, 1.82) is 0 Å². The van der Waals surface area contributed by atoms with Crippen LogP contribution in [0.1, 0.15) is 41.3 Å². The molecule has 0 radical (unpaired) electrons. The topological polar surface area (TPSA) is 55.4 Å². The van der Waals surface area contributed by atoms with Crippen molar-refractivity contribution in [2.75, 3.05) is 18.9 Å². The van der Waals surface area contributed by atoms with Crippen LogP contribution in [0.3, 0.4) is 0 Å². The van der Waals surface area contributed by atoms with Crippen molar-refractivity contribution in [3.05, 3.63) is 71.3 Å². The fourth-order valence-corrected chi connectivity index (χ4v) is 3.12. The van der Waals surface area contributed by atoms with E-state index in [4.69, 9.17) is 4.74 Å². The van der Waals surface area contributed by atoms with E-state index in [1.54, 1.807) is 23.9 Å². The average Bonchev–Trinajstić information content (AvgIpc) is 2.66. The molecule has 5 heteroatoms. The van der Waals surface area contributed by atoms with Crippen molar-refractivity contribution >= 4 is 23.6 Å². The van der Waals surface area contributed by atoms with E-state index >= 15 is 0 Å². The van der Waals surface area contributed by atoms with Crippen LogP contribution >= 0.6 is 11.8 Å². The smallest absolute Gasteiger partial charge is 0.338 e. The Hall–Kier alpha value is -2.27. The predicted molar refractivity (Wildman–Crippen MR) is 106 cm³/mol. The van der Waals surface area contributed by atoms with Gasteiger partial charge in [-0.2, -0.15) is 11.8 Å². The second-order valence-corrected chi connectivity index (χ2v) is 7.35. The number of hydrogen-bond acceptors (Lipinski definition) is 4. The van der Waals surface area contributed by atoms with E-state index in [1.807, 2.05) is 30.3 Å². The fourth-order valence-electron chi connectivity index (χ4n) is 2.30. The molecule has 0 saturated carbocycles. The molecule has 2 aromatic rings. The molecule has 0 fully saturated rings. The zero-order valence-corrected chi connectivity index (χ0v) is 16.1. The highest BCUT2D eigenvalue weighted by Gasteiger charge is 2.10. The molecule has 26 heavy (non-hydrogen) atoms. The van der Waals surface area contributed by atoms with Gasteiger partial charge in [-0.1, -0.05) is 56.3 Å². The first-order chi connectivity index (χ1) is 12.6. The summed E-state index contributed by atoms with van der Waals surface area (Å²) < 4.78 is 5.06. The van der Waals surface area contributed by atoms with Gasteiger partial charge in [0.05, 0.1) is 5.56 Å². The number of esters is 1. The molecule has 0 unspecified atom stereocenters. The zero-order valence-electron chi connectivity index (χ0n) is 15.2. The molecule has 138 valence electrons. The van der Waals surface area contributed by atoms with Crippen molar-refractivity contribution in [3.63, 3.8) is 0 Å². The Labute approximate surface area is 159 Å². The molecule has 4 nitrogen and oxygen atoms in total. The second-order valence-electron chi connectivity index (χ2n) is 6.24. The van der Waals surface area contributed by atoms with E-state index in [9.17, 15) is 9.59 Å². The maximum absolute atomic E-state index is 12.0. The molecule has 0 atom stereocenters. The number of carbonyl (C=O) groups is 2. The second kappa shape index (κ2) is 10.7. The molecule has 0 aliphatic carbocycles. The molecule has 0 spiro atoms. The van der Waals surface area contributed by atoms with E-state index in [0.29, 0.717) is 18.0 Å². The van der Waals surface area contributed by atoms with Gasteiger partial charge >= 0.3 is 5.97 Å². The molecule has 0 bridgehead atoms. The number of ether oxygens (including phenoxy) is 1. The quantitative estimate of drug-likeness (QED) is 0.534. The standard InChI is InChI=1S/C21H25NO3S/c1-16(2)18-8-10-19(11-9-18)21(24)25-14-20(23)22-12-13-26-15-17-6-4-3-5-7-17/h3-11,16H,12-15H2,1-2H3,(H,22,23). The minimum Gasteiger partial charge on any atom is -0.452 e. The third kappa shape index (κ3) is 6.92. The summed E-state index contributed by atoms with van der Waals surface area (Å²) in [4.78, 5) is 23.7. The number of nitrogens with one attached hydrogen (secondary N) is 1. The van der Waals surface area contributed by atoms with Gasteiger partial charge < -0.3 is 10.1 Å². The van der Waals surface area contributed by atoms with Crippen LogP contribution in [-0.4, -0.2) is 30.8 Å². The Bertz CT molecular complexity index is 699. The third-order valence-corrected chi connectivity index (χ3v) is 4.86. The highest BCUT2D eigenvalue weighted by Crippen LogP contribution is 2.15. The summed E-state index contributed by atoms with van der Waals surface area (Å²) in [6, 6.07) is 17.5. The van der Waals surface area contributed by atoms with Gasteiger partial charge in [0.2, 0.25) is 0 Å². The average molecular weight is 372 g/mol. The van der Waals surface area contributed by atoms with E-state index in [-0.39, 0.29) is 12.5 Å². The molecule has 0 aromatic heterocycles. The van der Waals surface area contributed by atoms with Gasteiger partial charge in [0, 0.05) is 18.1 Å². The first-order valence-electron chi connectivity index (χ1n) is 8.71. The van der Waals surface area contributed by atoms with Gasteiger partial charge in [0.1, 0.15) is 0 Å². The Morgan fingerprint density at radius 3 is 2.38 bits per heavy atom. The Balaban J connectivity index is 1.61. The minimum atomic E-state index is -0.478. The summed E-state index contributed by atoms with van der Waals surface area (Å²) in [6.45, 7) is 4.48. The van der Waals surface area contributed by atoms with Crippen LogP contribution in [0.25, 0.3) is 0 Å². The molecule has 0 heterocycles. The Morgan fingerprint density at radius 2 is 1.73 bits per heavy atom. The Morgan fingerprint density at radius 1 is 1.04 bits per heavy atom. The van der Waals surface area contributed by atoms with Gasteiger partial charge in [0.15, 0.2) is 6.61 Å². The number of benzene rings is 2. The van der Waals surface area contributed by atoms with Gasteiger partial charge in [-0.3, -0.25) is 4.79 Å². The number of amides is 1. The minimum absolute atomic E-state index is 0.256. The van der Waals surface area contributed by atoms with Crippen LogP contribution in [-0.2, 0) is 15.3 Å². The van der Waals surface area contributed by atoms with E-state index in [1.165, 1.54) is 5.56 Å². The van der Waals surface area contributed by atoms with Crippen LogP contribution in [0.15, 0.2) is 54.6 Å². The molecule has 2 aromatic carbocycles. The first kappa shape index (κ1) is 20.0. The van der Waals surface area contributed by atoms with Crippen LogP contribution in [0.5, 0.6) is 0 Å². The number of hydrogen-bond donors (Lipinski definition) is 1. The van der Waals surface area contributed by atoms with Crippen LogP contribution in [0, 0.1) is 0 Å². The van der Waals surface area contributed by atoms with E-state index in [2.05, 4.69) is 31.3 Å². The largest absolute Gasteiger partial charge is 0.452 e. The maximum Gasteiger partial charge on any atom is 0.338 e. The molecular weight excluding hydrogens is 346 g/mol. The van der Waals surface area contributed by atoms with E-state index in [0.717, 1.165) is 17.1 Å². The fraction of sp³-hybridized carbons (Fsp3) is 0.333. The van der Waals surface area contributed by atoms with Crippen molar-refractivity contribution < 1.29 is 14.3 Å².